The van der Waals surface area contributed by atoms with Crippen molar-refractivity contribution in [2.45, 2.75) is 25.8 Å². The molecular weight excluding hydrogens is 286 g/mol. The number of ether oxygens (including phenoxy) is 1. The standard InChI is InChI=1S/C16H18ClN3O/c1-10-6-11(2-4-19-10)15(20-18)9-13-8-14(17)7-12-3-5-21-16(12)13/h2,4,6-8,15,20H,3,5,9,18H2,1H3. The van der Waals surface area contributed by atoms with E-state index in [1.54, 1.807) is 6.20 Å². The van der Waals surface area contributed by atoms with Gasteiger partial charge in [-0.1, -0.05) is 11.6 Å². The van der Waals surface area contributed by atoms with Crippen LogP contribution in [0.5, 0.6) is 5.75 Å². The molecule has 0 amide bonds. The largest absolute Gasteiger partial charge is 0.493 e. The average molecular weight is 304 g/mol. The molecule has 3 N–H and O–H groups in total. The van der Waals surface area contributed by atoms with Crippen LogP contribution in [-0.4, -0.2) is 11.6 Å². The molecule has 0 fully saturated rings. The van der Waals surface area contributed by atoms with Gasteiger partial charge in [0.05, 0.1) is 12.6 Å². The molecule has 1 aliphatic heterocycles. The molecule has 110 valence electrons. The van der Waals surface area contributed by atoms with Crippen LogP contribution in [0.1, 0.15) is 28.4 Å². The summed E-state index contributed by atoms with van der Waals surface area (Å²) in [6, 6.07) is 7.96. The first-order chi connectivity index (χ1) is 10.2. The molecule has 2 heterocycles. The molecule has 3 rings (SSSR count). The van der Waals surface area contributed by atoms with Crippen LogP contribution in [0.3, 0.4) is 0 Å². The molecule has 1 aromatic carbocycles. The smallest absolute Gasteiger partial charge is 0.125 e. The second kappa shape index (κ2) is 6.02. The molecule has 1 aliphatic rings. The van der Waals surface area contributed by atoms with Crippen molar-refractivity contribution in [1.82, 2.24) is 10.4 Å². The molecule has 0 saturated carbocycles. The molecule has 4 nitrogen and oxygen atoms in total. The van der Waals surface area contributed by atoms with Gasteiger partial charge in [-0.25, -0.2) is 0 Å². The Kier molecular flexibility index (Phi) is 4.10. The van der Waals surface area contributed by atoms with Crippen LogP contribution in [0.15, 0.2) is 30.5 Å². The van der Waals surface area contributed by atoms with E-state index in [-0.39, 0.29) is 6.04 Å². The Hall–Kier alpha value is -1.62. The van der Waals surface area contributed by atoms with E-state index in [9.17, 15) is 0 Å². The SMILES string of the molecule is Cc1cc(C(Cc2cc(Cl)cc3c2OCC3)NN)ccn1. The highest BCUT2D eigenvalue weighted by atomic mass is 35.5. The first-order valence-corrected chi connectivity index (χ1v) is 7.38. The lowest BCUT2D eigenvalue weighted by molar-refractivity contribution is 0.351. The Bertz CT molecular complexity index is 660. The van der Waals surface area contributed by atoms with Crippen molar-refractivity contribution >= 4 is 11.6 Å². The highest BCUT2D eigenvalue weighted by molar-refractivity contribution is 6.30. The van der Waals surface area contributed by atoms with E-state index in [0.717, 1.165) is 47.0 Å². The first-order valence-electron chi connectivity index (χ1n) is 7.00. The van der Waals surface area contributed by atoms with Gasteiger partial charge in [0.1, 0.15) is 5.75 Å². The molecular formula is C16H18ClN3O. The van der Waals surface area contributed by atoms with Crippen LogP contribution in [0.2, 0.25) is 5.02 Å². The van der Waals surface area contributed by atoms with Crippen LogP contribution in [-0.2, 0) is 12.8 Å². The van der Waals surface area contributed by atoms with Crippen molar-refractivity contribution in [1.29, 1.82) is 0 Å². The summed E-state index contributed by atoms with van der Waals surface area (Å²) in [5.74, 6) is 6.71. The number of hydrogen-bond donors (Lipinski definition) is 2. The van der Waals surface area contributed by atoms with Gasteiger partial charge >= 0.3 is 0 Å². The zero-order valence-corrected chi connectivity index (χ0v) is 12.7. The number of hydrogen-bond acceptors (Lipinski definition) is 4. The summed E-state index contributed by atoms with van der Waals surface area (Å²) in [5.41, 5.74) is 7.23. The number of pyridine rings is 1. The number of nitrogens with one attached hydrogen (secondary N) is 1. The second-order valence-electron chi connectivity index (χ2n) is 5.31. The third-order valence-electron chi connectivity index (χ3n) is 3.77. The molecule has 0 bridgehead atoms. The lowest BCUT2D eigenvalue weighted by atomic mass is 9.97. The van der Waals surface area contributed by atoms with E-state index in [1.807, 2.05) is 31.2 Å². The Morgan fingerprint density at radius 1 is 1.43 bits per heavy atom. The maximum atomic E-state index is 6.21. The zero-order valence-electron chi connectivity index (χ0n) is 11.9. The lowest BCUT2D eigenvalue weighted by Gasteiger charge is -2.18. The number of benzene rings is 1. The van der Waals surface area contributed by atoms with Gasteiger partial charge < -0.3 is 4.74 Å². The van der Waals surface area contributed by atoms with Crippen LogP contribution in [0, 0.1) is 6.92 Å². The second-order valence-corrected chi connectivity index (χ2v) is 5.74. The number of hydrazine groups is 1. The Balaban J connectivity index is 1.91. The van der Waals surface area contributed by atoms with E-state index < -0.39 is 0 Å². The van der Waals surface area contributed by atoms with Crippen LogP contribution < -0.4 is 16.0 Å². The summed E-state index contributed by atoms with van der Waals surface area (Å²) >= 11 is 6.21. The van der Waals surface area contributed by atoms with Crippen LogP contribution >= 0.6 is 11.6 Å². The third kappa shape index (κ3) is 3.02. The summed E-state index contributed by atoms with van der Waals surface area (Å²) in [6.45, 7) is 2.69. The van der Waals surface area contributed by atoms with Gasteiger partial charge in [-0.3, -0.25) is 16.3 Å². The normalized spacial score (nSPS) is 14.6. The number of fused-ring (bicyclic) bond motifs is 1. The van der Waals surface area contributed by atoms with Crippen LogP contribution in [0.4, 0.5) is 0 Å². The highest BCUT2D eigenvalue weighted by Crippen LogP contribution is 2.35. The molecule has 1 atom stereocenters. The summed E-state index contributed by atoms with van der Waals surface area (Å²) in [5, 5.41) is 0.746. The molecule has 0 saturated heterocycles. The number of aromatic nitrogens is 1. The fourth-order valence-electron chi connectivity index (χ4n) is 2.77. The van der Waals surface area contributed by atoms with E-state index >= 15 is 0 Å². The van der Waals surface area contributed by atoms with Gasteiger partial charge in [0.25, 0.3) is 0 Å². The zero-order chi connectivity index (χ0) is 14.8. The van der Waals surface area contributed by atoms with Crippen molar-refractivity contribution in [3.8, 4) is 5.75 Å². The molecule has 2 aromatic rings. The van der Waals surface area contributed by atoms with Gasteiger partial charge in [0.15, 0.2) is 0 Å². The summed E-state index contributed by atoms with van der Waals surface area (Å²) < 4.78 is 5.75. The number of nitrogens with zero attached hydrogens (tertiary/aromatic N) is 1. The summed E-state index contributed by atoms with van der Waals surface area (Å²) in [6.07, 6.45) is 3.44. The molecule has 21 heavy (non-hydrogen) atoms. The Morgan fingerprint density at radius 2 is 2.29 bits per heavy atom. The van der Waals surface area contributed by atoms with Crippen molar-refractivity contribution < 1.29 is 4.74 Å². The number of nitrogens with two attached hydrogens (primary N) is 1. The monoisotopic (exact) mass is 303 g/mol. The average Bonchev–Trinajstić information content (AvgIpc) is 2.92. The predicted octanol–water partition coefficient (Wildman–Crippen LogP) is 2.73. The van der Waals surface area contributed by atoms with Gasteiger partial charge in [-0.2, -0.15) is 0 Å². The molecule has 1 aromatic heterocycles. The molecule has 5 heteroatoms. The minimum atomic E-state index is -0.00142. The van der Waals surface area contributed by atoms with Gasteiger partial charge in [0.2, 0.25) is 0 Å². The Morgan fingerprint density at radius 3 is 3.05 bits per heavy atom. The minimum absolute atomic E-state index is 0.00142. The molecule has 0 aliphatic carbocycles. The Labute approximate surface area is 129 Å². The quantitative estimate of drug-likeness (QED) is 0.673. The van der Waals surface area contributed by atoms with Crippen LogP contribution in [0.25, 0.3) is 0 Å². The van der Waals surface area contributed by atoms with Crippen molar-refractivity contribution in [3.05, 3.63) is 57.9 Å². The summed E-state index contributed by atoms with van der Waals surface area (Å²) in [4.78, 5) is 4.22. The molecule has 0 spiro atoms. The predicted molar refractivity (Wildman–Crippen MR) is 83.4 cm³/mol. The van der Waals surface area contributed by atoms with E-state index in [1.165, 1.54) is 5.56 Å². The first kappa shape index (κ1) is 14.3. The van der Waals surface area contributed by atoms with Crippen molar-refractivity contribution in [3.63, 3.8) is 0 Å². The number of halogens is 1. The molecule has 1 unspecified atom stereocenters. The fraction of sp³-hybridized carbons (Fsp3) is 0.312. The minimum Gasteiger partial charge on any atom is -0.493 e. The third-order valence-corrected chi connectivity index (χ3v) is 3.99. The van der Waals surface area contributed by atoms with Gasteiger partial charge in [0, 0.05) is 23.3 Å². The number of rotatable bonds is 4. The van der Waals surface area contributed by atoms with E-state index in [0.29, 0.717) is 0 Å². The van der Waals surface area contributed by atoms with Crippen molar-refractivity contribution in [2.75, 3.05) is 6.61 Å². The van der Waals surface area contributed by atoms with Gasteiger partial charge in [-0.15, -0.1) is 0 Å². The maximum absolute atomic E-state index is 6.21. The van der Waals surface area contributed by atoms with E-state index in [4.69, 9.17) is 22.2 Å². The fourth-order valence-corrected chi connectivity index (χ4v) is 3.04. The lowest BCUT2D eigenvalue weighted by Crippen LogP contribution is -2.29. The van der Waals surface area contributed by atoms with Gasteiger partial charge in [-0.05, 0) is 54.3 Å². The molecule has 0 radical (unpaired) electrons. The topological polar surface area (TPSA) is 60.2 Å². The number of aryl methyl sites for hydroxylation is 1. The van der Waals surface area contributed by atoms with Crippen molar-refractivity contribution in [2.24, 2.45) is 5.84 Å². The van der Waals surface area contributed by atoms with E-state index in [2.05, 4.69) is 10.4 Å². The summed E-state index contributed by atoms with van der Waals surface area (Å²) in [7, 11) is 0. The highest BCUT2D eigenvalue weighted by Gasteiger charge is 2.20. The maximum Gasteiger partial charge on any atom is 0.125 e.